The number of aromatic nitrogens is 1. The van der Waals surface area contributed by atoms with Gasteiger partial charge in [0.2, 0.25) is 0 Å². The van der Waals surface area contributed by atoms with E-state index in [0.717, 1.165) is 5.56 Å². The number of carbonyl (C=O) groups excluding carboxylic acids is 2. The zero-order valence-electron chi connectivity index (χ0n) is 13.7. The van der Waals surface area contributed by atoms with Crippen molar-refractivity contribution in [3.8, 4) is 11.1 Å². The quantitative estimate of drug-likeness (QED) is 0.536. The molecule has 3 rings (SSSR count). The van der Waals surface area contributed by atoms with Crippen LogP contribution in [0, 0.1) is 0 Å². The van der Waals surface area contributed by atoms with Gasteiger partial charge in [-0.3, -0.25) is 15.4 Å². The first-order valence-electron chi connectivity index (χ1n) is 7.73. The molecule has 0 aliphatic heterocycles. The molecule has 0 aliphatic rings. The smallest absolute Gasteiger partial charge is 0.292 e. The number of carbonyl (C=O) groups is 2. The fourth-order valence-electron chi connectivity index (χ4n) is 2.31. The van der Waals surface area contributed by atoms with E-state index < -0.39 is 11.9 Å². The monoisotopic (exact) mass is 419 g/mol. The van der Waals surface area contributed by atoms with E-state index in [4.69, 9.17) is 34.8 Å². The molecule has 0 radical (unpaired) electrons. The highest BCUT2D eigenvalue weighted by atomic mass is 35.5. The second-order valence-corrected chi connectivity index (χ2v) is 6.63. The zero-order valence-corrected chi connectivity index (χ0v) is 15.9. The summed E-state index contributed by atoms with van der Waals surface area (Å²) in [7, 11) is 0. The van der Waals surface area contributed by atoms with E-state index >= 15 is 0 Å². The molecule has 0 fully saturated rings. The summed E-state index contributed by atoms with van der Waals surface area (Å²) < 4.78 is 0. The van der Waals surface area contributed by atoms with Crippen LogP contribution in [0.4, 0.5) is 10.6 Å². The van der Waals surface area contributed by atoms with Crippen molar-refractivity contribution in [1.82, 2.24) is 10.3 Å². The molecule has 0 saturated carbocycles. The van der Waals surface area contributed by atoms with Crippen LogP contribution in [0.5, 0.6) is 0 Å². The van der Waals surface area contributed by atoms with Crippen molar-refractivity contribution in [2.75, 3.05) is 5.32 Å². The summed E-state index contributed by atoms with van der Waals surface area (Å²) in [4.78, 5) is 28.2. The maximum atomic E-state index is 12.1. The van der Waals surface area contributed by atoms with Gasteiger partial charge in [-0.15, -0.1) is 0 Å². The van der Waals surface area contributed by atoms with Crippen molar-refractivity contribution in [3.05, 3.63) is 81.4 Å². The Balaban J connectivity index is 1.69. The predicted molar refractivity (Wildman–Crippen MR) is 108 cm³/mol. The van der Waals surface area contributed by atoms with E-state index in [1.165, 1.54) is 6.07 Å². The SMILES string of the molecule is O=C(NC(=O)c1ccccc1Cl)Nc1ccc(-c2ccc(Cl)cc2)c(Cl)n1. The van der Waals surface area contributed by atoms with Gasteiger partial charge in [-0.25, -0.2) is 9.78 Å². The fraction of sp³-hybridized carbons (Fsp3) is 0. The number of benzene rings is 2. The Labute approximate surface area is 170 Å². The number of hydrogen-bond donors (Lipinski definition) is 2. The second-order valence-electron chi connectivity index (χ2n) is 5.43. The minimum atomic E-state index is -0.747. The number of hydrogen-bond acceptors (Lipinski definition) is 3. The van der Waals surface area contributed by atoms with Crippen LogP contribution in [0.1, 0.15) is 10.4 Å². The molecule has 136 valence electrons. The van der Waals surface area contributed by atoms with Gasteiger partial charge in [-0.05, 0) is 42.0 Å². The van der Waals surface area contributed by atoms with Crippen molar-refractivity contribution in [3.63, 3.8) is 0 Å². The number of imide groups is 1. The molecule has 0 aliphatic carbocycles. The van der Waals surface area contributed by atoms with E-state index in [1.807, 2.05) is 12.1 Å². The van der Waals surface area contributed by atoms with Gasteiger partial charge < -0.3 is 0 Å². The number of halogens is 3. The Morgan fingerprint density at radius 3 is 2.22 bits per heavy atom. The highest BCUT2D eigenvalue weighted by Crippen LogP contribution is 2.28. The first kappa shape index (κ1) is 19.2. The van der Waals surface area contributed by atoms with E-state index in [1.54, 1.807) is 42.5 Å². The van der Waals surface area contributed by atoms with Crippen LogP contribution in [-0.2, 0) is 0 Å². The zero-order chi connectivity index (χ0) is 19.4. The molecule has 8 heteroatoms. The standard InChI is InChI=1S/C19H12Cl3N3O2/c20-12-7-5-11(6-8-12)13-9-10-16(23-17(13)22)24-19(27)25-18(26)14-3-1-2-4-15(14)21/h1-10H,(H2,23,24,25,26,27). The summed E-state index contributed by atoms with van der Waals surface area (Å²) in [5, 5.41) is 5.71. The van der Waals surface area contributed by atoms with Crippen molar-refractivity contribution in [1.29, 1.82) is 0 Å². The van der Waals surface area contributed by atoms with Crippen molar-refractivity contribution >= 4 is 52.6 Å². The number of nitrogens with one attached hydrogen (secondary N) is 2. The van der Waals surface area contributed by atoms with Crippen LogP contribution in [0.15, 0.2) is 60.7 Å². The summed E-state index contributed by atoms with van der Waals surface area (Å²) >= 11 is 18.0. The van der Waals surface area contributed by atoms with Crippen molar-refractivity contribution in [2.45, 2.75) is 0 Å². The normalized spacial score (nSPS) is 10.3. The number of rotatable bonds is 3. The van der Waals surface area contributed by atoms with Crippen molar-refractivity contribution in [2.24, 2.45) is 0 Å². The lowest BCUT2D eigenvalue weighted by Crippen LogP contribution is -2.34. The lowest BCUT2D eigenvalue weighted by Gasteiger charge is -2.09. The highest BCUT2D eigenvalue weighted by molar-refractivity contribution is 6.34. The topological polar surface area (TPSA) is 71.1 Å². The molecule has 1 heterocycles. The van der Waals surface area contributed by atoms with Gasteiger partial charge in [-0.2, -0.15) is 0 Å². The molecule has 0 bridgehead atoms. The highest BCUT2D eigenvalue weighted by Gasteiger charge is 2.14. The van der Waals surface area contributed by atoms with E-state index in [0.29, 0.717) is 10.6 Å². The molecular formula is C19H12Cl3N3O2. The van der Waals surface area contributed by atoms with Gasteiger partial charge in [-0.1, -0.05) is 59.1 Å². The molecule has 0 saturated heterocycles. The van der Waals surface area contributed by atoms with E-state index in [-0.39, 0.29) is 21.6 Å². The number of pyridine rings is 1. The molecule has 1 aromatic heterocycles. The van der Waals surface area contributed by atoms with Crippen LogP contribution in [0.25, 0.3) is 11.1 Å². The van der Waals surface area contributed by atoms with Crippen molar-refractivity contribution < 1.29 is 9.59 Å². The predicted octanol–water partition coefficient (Wildman–Crippen LogP) is 5.67. The Morgan fingerprint density at radius 2 is 1.56 bits per heavy atom. The molecule has 2 aromatic carbocycles. The first-order chi connectivity index (χ1) is 12.9. The number of nitrogens with zero attached hydrogens (tertiary/aromatic N) is 1. The average Bonchev–Trinajstić information content (AvgIpc) is 2.63. The summed E-state index contributed by atoms with van der Waals surface area (Å²) in [6.45, 7) is 0. The molecular weight excluding hydrogens is 409 g/mol. The number of amides is 3. The largest absolute Gasteiger partial charge is 0.327 e. The second kappa shape index (κ2) is 8.39. The minimum absolute atomic E-state index is 0.193. The van der Waals surface area contributed by atoms with Crippen LogP contribution >= 0.6 is 34.8 Å². The third-order valence-electron chi connectivity index (χ3n) is 3.59. The van der Waals surface area contributed by atoms with Gasteiger partial charge in [0.1, 0.15) is 11.0 Å². The Kier molecular flexibility index (Phi) is 5.96. The molecule has 27 heavy (non-hydrogen) atoms. The number of urea groups is 1. The number of anilines is 1. The van der Waals surface area contributed by atoms with Gasteiger partial charge in [0.25, 0.3) is 5.91 Å². The Bertz CT molecular complexity index is 1010. The third-order valence-corrected chi connectivity index (χ3v) is 4.46. The summed E-state index contributed by atoms with van der Waals surface area (Å²) in [5.41, 5.74) is 1.71. The van der Waals surface area contributed by atoms with Gasteiger partial charge in [0, 0.05) is 10.6 Å². The van der Waals surface area contributed by atoms with E-state index in [9.17, 15) is 9.59 Å². The van der Waals surface area contributed by atoms with Gasteiger partial charge in [0.05, 0.1) is 10.6 Å². The van der Waals surface area contributed by atoms with Gasteiger partial charge >= 0.3 is 6.03 Å². The van der Waals surface area contributed by atoms with Gasteiger partial charge in [0.15, 0.2) is 0 Å². The summed E-state index contributed by atoms with van der Waals surface area (Å²) in [6, 6.07) is 16.1. The summed E-state index contributed by atoms with van der Waals surface area (Å²) in [5.74, 6) is -0.427. The van der Waals surface area contributed by atoms with E-state index in [2.05, 4.69) is 15.6 Å². The first-order valence-corrected chi connectivity index (χ1v) is 8.87. The lowest BCUT2D eigenvalue weighted by molar-refractivity contribution is 0.0967. The molecule has 3 amide bonds. The molecule has 2 N–H and O–H groups in total. The third kappa shape index (κ3) is 4.77. The van der Waals surface area contributed by atoms with Crippen LogP contribution < -0.4 is 10.6 Å². The van der Waals surface area contributed by atoms with Crippen LogP contribution in [0.2, 0.25) is 15.2 Å². The van der Waals surface area contributed by atoms with Crippen LogP contribution in [-0.4, -0.2) is 16.9 Å². The maximum absolute atomic E-state index is 12.1. The molecule has 3 aromatic rings. The Hall–Kier alpha value is -2.60. The molecule has 0 unspecified atom stereocenters. The average molecular weight is 421 g/mol. The maximum Gasteiger partial charge on any atom is 0.327 e. The fourth-order valence-corrected chi connectivity index (χ4v) is 2.92. The minimum Gasteiger partial charge on any atom is -0.292 e. The Morgan fingerprint density at radius 1 is 0.852 bits per heavy atom. The van der Waals surface area contributed by atoms with Crippen LogP contribution in [0.3, 0.4) is 0 Å². The summed E-state index contributed by atoms with van der Waals surface area (Å²) in [6.07, 6.45) is 0. The molecule has 0 spiro atoms. The lowest BCUT2D eigenvalue weighted by atomic mass is 10.1. The molecule has 0 atom stereocenters. The molecule has 5 nitrogen and oxygen atoms in total.